The number of fused-ring (bicyclic) bond motifs is 1. The van der Waals surface area contributed by atoms with Crippen molar-refractivity contribution in [3.63, 3.8) is 0 Å². The summed E-state index contributed by atoms with van der Waals surface area (Å²) in [6.07, 6.45) is 0. The van der Waals surface area contributed by atoms with Gasteiger partial charge < -0.3 is 15.6 Å². The molecule has 2 heterocycles. The van der Waals surface area contributed by atoms with Crippen LogP contribution in [0.2, 0.25) is 0 Å². The number of halogens is 1. The molecule has 0 unspecified atom stereocenters. The predicted octanol–water partition coefficient (Wildman–Crippen LogP) is -0.364. The van der Waals surface area contributed by atoms with Crippen LogP contribution in [-0.2, 0) is 14.3 Å². The van der Waals surface area contributed by atoms with Gasteiger partial charge in [0.05, 0.1) is 6.61 Å². The normalized spacial score (nSPS) is 27.2. The van der Waals surface area contributed by atoms with E-state index in [1.165, 1.54) is 23.8 Å². The van der Waals surface area contributed by atoms with Crippen molar-refractivity contribution >= 4 is 36.0 Å². The highest BCUT2D eigenvalue weighted by Gasteiger charge is 2.51. The number of amides is 1. The van der Waals surface area contributed by atoms with Gasteiger partial charge in [-0.3, -0.25) is 9.69 Å². The van der Waals surface area contributed by atoms with Crippen LogP contribution in [-0.4, -0.2) is 52.8 Å². The monoisotopic (exact) mass is 280 g/mol. The number of aliphatic carboxylic acids is 1. The third kappa shape index (κ3) is 2.15. The number of carbonyl (C=O) groups excluding carboxylic acids is 1. The largest absolute Gasteiger partial charge is 0.477 e. The lowest BCUT2D eigenvalue weighted by Gasteiger charge is -2.47. The highest BCUT2D eigenvalue weighted by Crippen LogP contribution is 2.39. The number of nitrogens with two attached hydrogens (primary N) is 1. The van der Waals surface area contributed by atoms with Crippen molar-refractivity contribution in [1.29, 1.82) is 0 Å². The predicted molar refractivity (Wildman–Crippen MR) is 64.9 cm³/mol. The Morgan fingerprint density at radius 3 is 2.88 bits per heavy atom. The van der Waals surface area contributed by atoms with Crippen LogP contribution in [0.3, 0.4) is 0 Å². The van der Waals surface area contributed by atoms with Crippen molar-refractivity contribution in [1.82, 2.24) is 4.90 Å². The van der Waals surface area contributed by atoms with Gasteiger partial charge in [0.25, 0.3) is 0 Å². The molecule has 0 spiro atoms. The van der Waals surface area contributed by atoms with Gasteiger partial charge in [-0.1, -0.05) is 0 Å². The van der Waals surface area contributed by atoms with Gasteiger partial charge in [0.2, 0.25) is 5.91 Å². The second-order valence-electron chi connectivity index (χ2n) is 3.63. The molecular weight excluding hydrogens is 268 g/mol. The van der Waals surface area contributed by atoms with Crippen molar-refractivity contribution in [2.75, 3.05) is 19.5 Å². The third-order valence-electron chi connectivity index (χ3n) is 2.61. The van der Waals surface area contributed by atoms with Crippen molar-refractivity contribution in [2.24, 2.45) is 5.73 Å². The number of nitrogens with zero attached hydrogens (tertiary/aromatic N) is 1. The van der Waals surface area contributed by atoms with E-state index in [2.05, 4.69) is 0 Å². The molecule has 8 heteroatoms. The molecule has 17 heavy (non-hydrogen) atoms. The lowest BCUT2D eigenvalue weighted by Crippen LogP contribution is -2.68. The Labute approximate surface area is 109 Å². The molecule has 2 rings (SSSR count). The molecule has 0 aliphatic carbocycles. The molecule has 0 radical (unpaired) electrons. The minimum absolute atomic E-state index is 0. The van der Waals surface area contributed by atoms with Gasteiger partial charge in [0.1, 0.15) is 17.1 Å². The van der Waals surface area contributed by atoms with Crippen molar-refractivity contribution in [3.8, 4) is 0 Å². The van der Waals surface area contributed by atoms with Gasteiger partial charge in [-0.05, 0) is 5.57 Å². The summed E-state index contributed by atoms with van der Waals surface area (Å²) in [6, 6.07) is -0.580. The number of carboxylic acids is 1. The van der Waals surface area contributed by atoms with E-state index in [0.717, 1.165) is 0 Å². The Morgan fingerprint density at radius 2 is 2.35 bits per heavy atom. The standard InChI is InChI=1S/C9H12N2O4S.ClH/c1-15-2-4-3-16-8-5(10)7(12)11(8)6(4)9(13)14;/h5,8H,2-3,10H2,1H3,(H,13,14);1H/t5-,8-;/m1./s1. The molecule has 2 aliphatic heterocycles. The lowest BCUT2D eigenvalue weighted by molar-refractivity contribution is -0.148. The highest BCUT2D eigenvalue weighted by atomic mass is 35.5. The van der Waals surface area contributed by atoms with Gasteiger partial charge in [-0.25, -0.2) is 4.79 Å². The van der Waals surface area contributed by atoms with Gasteiger partial charge >= 0.3 is 5.97 Å². The Kier molecular flexibility index (Phi) is 4.42. The molecule has 96 valence electrons. The Hall–Kier alpha value is -0.760. The Morgan fingerprint density at radius 1 is 1.71 bits per heavy atom. The number of thioether (sulfide) groups is 1. The van der Waals surface area contributed by atoms with E-state index in [-0.39, 0.29) is 36.0 Å². The van der Waals surface area contributed by atoms with E-state index in [0.29, 0.717) is 11.3 Å². The van der Waals surface area contributed by atoms with E-state index in [1.807, 2.05) is 0 Å². The fourth-order valence-corrected chi connectivity index (χ4v) is 3.14. The average molecular weight is 281 g/mol. The van der Waals surface area contributed by atoms with Gasteiger partial charge in [0, 0.05) is 12.9 Å². The second kappa shape index (κ2) is 5.26. The van der Waals surface area contributed by atoms with E-state index in [1.54, 1.807) is 0 Å². The summed E-state index contributed by atoms with van der Waals surface area (Å²) in [4.78, 5) is 23.9. The quantitative estimate of drug-likeness (QED) is 0.686. The van der Waals surface area contributed by atoms with Crippen LogP contribution in [0, 0.1) is 0 Å². The zero-order valence-electron chi connectivity index (χ0n) is 9.08. The highest BCUT2D eigenvalue weighted by molar-refractivity contribution is 8.00. The molecule has 2 aliphatic rings. The Balaban J connectivity index is 0.00000144. The molecule has 0 aromatic heterocycles. The molecule has 6 nitrogen and oxygen atoms in total. The maximum Gasteiger partial charge on any atom is 0.352 e. The van der Waals surface area contributed by atoms with E-state index >= 15 is 0 Å². The molecule has 1 saturated heterocycles. The summed E-state index contributed by atoms with van der Waals surface area (Å²) in [7, 11) is 1.49. The van der Waals surface area contributed by atoms with Crippen LogP contribution < -0.4 is 5.73 Å². The second-order valence-corrected chi connectivity index (χ2v) is 4.73. The fourth-order valence-electron chi connectivity index (χ4n) is 1.87. The van der Waals surface area contributed by atoms with Crippen molar-refractivity contribution in [2.45, 2.75) is 11.4 Å². The summed E-state index contributed by atoms with van der Waals surface area (Å²) in [5.74, 6) is -0.891. The minimum Gasteiger partial charge on any atom is -0.477 e. The van der Waals surface area contributed by atoms with Crippen LogP contribution in [0.25, 0.3) is 0 Å². The average Bonchev–Trinajstić information content (AvgIpc) is 2.27. The summed E-state index contributed by atoms with van der Waals surface area (Å²) in [5, 5.41) is 8.87. The number of β-lactam (4-membered cyclic amide) rings is 1. The Bertz CT molecular complexity index is 387. The summed E-state index contributed by atoms with van der Waals surface area (Å²) >= 11 is 1.47. The first-order valence-corrected chi connectivity index (χ1v) is 5.77. The van der Waals surface area contributed by atoms with Crippen LogP contribution in [0.15, 0.2) is 11.3 Å². The summed E-state index contributed by atoms with van der Waals surface area (Å²) in [6.45, 7) is 0.223. The van der Waals surface area contributed by atoms with Crippen LogP contribution in [0.4, 0.5) is 0 Å². The van der Waals surface area contributed by atoms with E-state index in [9.17, 15) is 9.59 Å². The fraction of sp³-hybridized carbons (Fsp3) is 0.556. The molecule has 1 amide bonds. The lowest BCUT2D eigenvalue weighted by atomic mass is 10.0. The molecular formula is C9H13ClN2O4S. The zero-order chi connectivity index (χ0) is 11.9. The summed E-state index contributed by atoms with van der Waals surface area (Å²) < 4.78 is 4.93. The minimum atomic E-state index is -1.10. The van der Waals surface area contributed by atoms with Gasteiger partial charge in [-0.15, -0.1) is 24.2 Å². The maximum absolute atomic E-state index is 11.5. The number of carboxylic acid groups (broad SMARTS) is 1. The number of methoxy groups -OCH3 is 1. The molecule has 0 aromatic carbocycles. The molecule has 3 N–H and O–H groups in total. The number of hydrogen-bond donors (Lipinski definition) is 2. The van der Waals surface area contributed by atoms with Gasteiger partial charge in [-0.2, -0.15) is 0 Å². The van der Waals surface area contributed by atoms with Crippen molar-refractivity contribution in [3.05, 3.63) is 11.3 Å². The van der Waals surface area contributed by atoms with E-state index in [4.69, 9.17) is 15.6 Å². The van der Waals surface area contributed by atoms with Crippen LogP contribution in [0.5, 0.6) is 0 Å². The molecule has 2 atom stereocenters. The van der Waals surface area contributed by atoms with Crippen molar-refractivity contribution < 1.29 is 19.4 Å². The topological polar surface area (TPSA) is 92.9 Å². The zero-order valence-corrected chi connectivity index (χ0v) is 10.7. The number of hydrogen-bond acceptors (Lipinski definition) is 5. The first-order valence-electron chi connectivity index (χ1n) is 4.72. The molecule has 0 saturated carbocycles. The van der Waals surface area contributed by atoms with Crippen LogP contribution >= 0.6 is 24.2 Å². The molecule has 1 fully saturated rings. The summed E-state index contributed by atoms with van der Waals surface area (Å²) in [5.41, 5.74) is 6.26. The maximum atomic E-state index is 11.5. The molecule has 0 aromatic rings. The third-order valence-corrected chi connectivity index (χ3v) is 3.97. The van der Waals surface area contributed by atoms with Crippen LogP contribution in [0.1, 0.15) is 0 Å². The number of carbonyl (C=O) groups is 2. The first-order chi connectivity index (χ1) is 7.57. The molecule has 0 bridgehead atoms. The first kappa shape index (κ1) is 14.3. The number of ether oxygens (including phenoxy) is 1. The smallest absolute Gasteiger partial charge is 0.352 e. The number of rotatable bonds is 3. The SMILES string of the molecule is COCC1=C(C(=O)O)N2C(=O)[C@@H](N)[C@H]2SC1.Cl. The van der Waals surface area contributed by atoms with E-state index < -0.39 is 12.0 Å². The van der Waals surface area contributed by atoms with Gasteiger partial charge in [0.15, 0.2) is 0 Å².